The van der Waals surface area contributed by atoms with Crippen molar-refractivity contribution in [1.29, 1.82) is 0 Å². The van der Waals surface area contributed by atoms with Crippen molar-refractivity contribution in [1.82, 2.24) is 15.1 Å². The number of allylic oxidation sites excluding steroid dienone is 2. The van der Waals surface area contributed by atoms with Crippen molar-refractivity contribution in [3.8, 4) is 5.88 Å². The zero-order valence-corrected chi connectivity index (χ0v) is 14.3. The van der Waals surface area contributed by atoms with E-state index in [1.165, 1.54) is 32.1 Å². The molecule has 4 heteroatoms. The van der Waals surface area contributed by atoms with Gasteiger partial charge in [0.25, 0.3) is 0 Å². The molecule has 1 aromatic heterocycles. The number of hydrogen-bond acceptors (Lipinski definition) is 3. The van der Waals surface area contributed by atoms with Crippen molar-refractivity contribution >= 4 is 0 Å². The number of ether oxygens (including phenoxy) is 1. The molecule has 0 bridgehead atoms. The van der Waals surface area contributed by atoms with Gasteiger partial charge in [0.05, 0.1) is 5.69 Å². The highest BCUT2D eigenvalue weighted by Gasteiger charge is 2.17. The first kappa shape index (κ1) is 17.5. The average molecular weight is 315 g/mol. The topological polar surface area (TPSA) is 39.1 Å². The Bertz CT molecular complexity index is 539. The number of rotatable bonds is 9. The van der Waals surface area contributed by atoms with Crippen LogP contribution in [0.1, 0.15) is 37.8 Å². The molecule has 0 radical (unpaired) electrons. The van der Waals surface area contributed by atoms with Gasteiger partial charge in [-0.05, 0) is 31.4 Å². The van der Waals surface area contributed by atoms with Crippen LogP contribution < -0.4 is 10.1 Å². The van der Waals surface area contributed by atoms with Gasteiger partial charge in [-0.1, -0.05) is 50.6 Å². The summed E-state index contributed by atoms with van der Waals surface area (Å²) in [7, 11) is 1.93. The van der Waals surface area contributed by atoms with Crippen molar-refractivity contribution in [2.45, 2.75) is 45.2 Å². The molecule has 1 saturated carbocycles. The van der Waals surface area contributed by atoms with E-state index in [0.717, 1.165) is 36.2 Å². The molecule has 1 aromatic rings. The number of nitrogens with one attached hydrogen (secondary N) is 1. The maximum atomic E-state index is 6.00. The van der Waals surface area contributed by atoms with Crippen LogP contribution in [0.4, 0.5) is 0 Å². The molecule has 2 rings (SSSR count). The van der Waals surface area contributed by atoms with Crippen LogP contribution in [0.3, 0.4) is 0 Å². The summed E-state index contributed by atoms with van der Waals surface area (Å²) in [5.41, 5.74) is 2.03. The smallest absolute Gasteiger partial charge is 0.212 e. The second-order valence-corrected chi connectivity index (χ2v) is 6.16. The van der Waals surface area contributed by atoms with E-state index in [0.29, 0.717) is 6.61 Å². The van der Waals surface area contributed by atoms with Gasteiger partial charge < -0.3 is 10.1 Å². The Morgan fingerprint density at radius 1 is 1.39 bits per heavy atom. The Morgan fingerprint density at radius 3 is 2.83 bits per heavy atom. The van der Waals surface area contributed by atoms with Gasteiger partial charge in [0.1, 0.15) is 6.61 Å². The highest BCUT2D eigenvalue weighted by molar-refractivity contribution is 5.24. The summed E-state index contributed by atoms with van der Waals surface area (Å²) in [6.45, 7) is 9.73. The highest BCUT2D eigenvalue weighted by atomic mass is 16.5. The predicted octanol–water partition coefficient (Wildman–Crippen LogP) is 3.86. The van der Waals surface area contributed by atoms with Crippen LogP contribution in [0.2, 0.25) is 0 Å². The third-order valence-corrected chi connectivity index (χ3v) is 4.29. The van der Waals surface area contributed by atoms with E-state index in [1.54, 1.807) is 12.2 Å². The molecule has 0 amide bonds. The molecule has 126 valence electrons. The summed E-state index contributed by atoms with van der Waals surface area (Å²) in [5, 5.41) is 7.86. The van der Waals surface area contributed by atoms with Crippen LogP contribution in [0, 0.1) is 5.92 Å². The summed E-state index contributed by atoms with van der Waals surface area (Å²) >= 11 is 0. The van der Waals surface area contributed by atoms with Gasteiger partial charge in [0.2, 0.25) is 5.88 Å². The molecule has 0 spiro atoms. The van der Waals surface area contributed by atoms with E-state index in [9.17, 15) is 0 Å². The van der Waals surface area contributed by atoms with Crippen molar-refractivity contribution < 1.29 is 4.74 Å². The molecule has 0 saturated heterocycles. The standard InChI is InChI=1S/C19H29N3O/c1-4-9-16(5-2)15-23-19-12-18(13-20-3)21-22(19)14-17-10-7-6-8-11-17/h4-5,9,12,17,20H,1-2,6-8,10-11,13-15H2,3H3/b16-9+. The maximum absolute atomic E-state index is 6.00. The van der Waals surface area contributed by atoms with Crippen molar-refractivity contribution in [3.63, 3.8) is 0 Å². The Morgan fingerprint density at radius 2 is 2.17 bits per heavy atom. The van der Waals surface area contributed by atoms with E-state index < -0.39 is 0 Å². The molecule has 0 atom stereocenters. The Hall–Kier alpha value is -1.81. The molecule has 0 aliphatic heterocycles. The van der Waals surface area contributed by atoms with Gasteiger partial charge in [0.15, 0.2) is 0 Å². The molecule has 23 heavy (non-hydrogen) atoms. The van der Waals surface area contributed by atoms with E-state index >= 15 is 0 Å². The second-order valence-electron chi connectivity index (χ2n) is 6.16. The molecule has 1 heterocycles. The lowest BCUT2D eigenvalue weighted by molar-refractivity contribution is 0.266. The molecule has 4 nitrogen and oxygen atoms in total. The van der Waals surface area contributed by atoms with E-state index in [1.807, 2.05) is 23.9 Å². The van der Waals surface area contributed by atoms with Gasteiger partial charge >= 0.3 is 0 Å². The van der Waals surface area contributed by atoms with Crippen LogP contribution in [0.5, 0.6) is 5.88 Å². The third kappa shape index (κ3) is 5.39. The van der Waals surface area contributed by atoms with Crippen molar-refractivity contribution in [2.75, 3.05) is 13.7 Å². The molecular formula is C19H29N3O. The van der Waals surface area contributed by atoms with Gasteiger partial charge in [0, 0.05) is 19.2 Å². The molecule has 1 aliphatic rings. The summed E-state index contributed by atoms with van der Waals surface area (Å²) in [5.74, 6) is 1.56. The monoisotopic (exact) mass is 315 g/mol. The first-order chi connectivity index (χ1) is 11.3. The van der Waals surface area contributed by atoms with Crippen molar-refractivity contribution in [2.24, 2.45) is 5.92 Å². The van der Waals surface area contributed by atoms with Crippen LogP contribution in [-0.4, -0.2) is 23.4 Å². The van der Waals surface area contributed by atoms with Gasteiger partial charge in [-0.3, -0.25) is 0 Å². The van der Waals surface area contributed by atoms with Crippen molar-refractivity contribution in [3.05, 3.63) is 48.7 Å². The largest absolute Gasteiger partial charge is 0.473 e. The van der Waals surface area contributed by atoms with E-state index in [4.69, 9.17) is 9.84 Å². The summed E-state index contributed by atoms with van der Waals surface area (Å²) in [4.78, 5) is 0. The molecule has 1 fully saturated rings. The minimum atomic E-state index is 0.491. The van der Waals surface area contributed by atoms with E-state index in [2.05, 4.69) is 18.5 Å². The highest BCUT2D eigenvalue weighted by Crippen LogP contribution is 2.27. The van der Waals surface area contributed by atoms with Crippen LogP contribution in [-0.2, 0) is 13.1 Å². The van der Waals surface area contributed by atoms with Crippen LogP contribution in [0.15, 0.2) is 43.0 Å². The summed E-state index contributed by atoms with van der Waals surface area (Å²) < 4.78 is 8.04. The quantitative estimate of drug-likeness (QED) is 0.703. The Labute approximate surface area is 139 Å². The fourth-order valence-electron chi connectivity index (χ4n) is 3.06. The lowest BCUT2D eigenvalue weighted by Crippen LogP contribution is -2.17. The first-order valence-electron chi connectivity index (χ1n) is 8.55. The maximum Gasteiger partial charge on any atom is 0.212 e. The fraction of sp³-hybridized carbons (Fsp3) is 0.526. The molecular weight excluding hydrogens is 286 g/mol. The Kier molecular flexibility index (Phi) is 7.14. The number of aromatic nitrogens is 2. The third-order valence-electron chi connectivity index (χ3n) is 4.29. The average Bonchev–Trinajstić information content (AvgIpc) is 2.94. The minimum Gasteiger partial charge on any atom is -0.473 e. The van der Waals surface area contributed by atoms with Gasteiger partial charge in [-0.15, -0.1) is 0 Å². The zero-order valence-electron chi connectivity index (χ0n) is 14.3. The van der Waals surface area contributed by atoms with Gasteiger partial charge in [-0.2, -0.15) is 5.10 Å². The predicted molar refractivity (Wildman–Crippen MR) is 95.5 cm³/mol. The summed E-state index contributed by atoms with van der Waals surface area (Å²) in [6.07, 6.45) is 12.1. The minimum absolute atomic E-state index is 0.491. The first-order valence-corrected chi connectivity index (χ1v) is 8.55. The fourth-order valence-corrected chi connectivity index (χ4v) is 3.06. The van der Waals surface area contributed by atoms with Crippen LogP contribution in [0.25, 0.3) is 0 Å². The molecule has 0 aromatic carbocycles. The van der Waals surface area contributed by atoms with Crippen LogP contribution >= 0.6 is 0 Å². The number of nitrogens with zero attached hydrogens (tertiary/aromatic N) is 2. The SMILES string of the molecule is C=C/C=C(\C=C)COc1cc(CNC)nn1CC1CCCCC1. The molecule has 0 unspecified atom stereocenters. The van der Waals surface area contributed by atoms with Gasteiger partial charge in [-0.25, -0.2) is 4.68 Å². The molecule has 1 N–H and O–H groups in total. The normalized spacial score (nSPS) is 16.3. The molecule has 1 aliphatic carbocycles. The lowest BCUT2D eigenvalue weighted by atomic mass is 9.89. The van der Waals surface area contributed by atoms with E-state index in [-0.39, 0.29) is 0 Å². The lowest BCUT2D eigenvalue weighted by Gasteiger charge is -2.22. The Balaban J connectivity index is 2.07. The zero-order chi connectivity index (χ0) is 16.5. The number of hydrogen-bond donors (Lipinski definition) is 1. The summed E-state index contributed by atoms with van der Waals surface area (Å²) in [6, 6.07) is 2.04. The second kappa shape index (κ2) is 9.36.